The van der Waals surface area contributed by atoms with Crippen molar-refractivity contribution in [2.75, 3.05) is 87.7 Å². The van der Waals surface area contributed by atoms with Crippen LogP contribution in [-0.2, 0) is 58.9 Å². The van der Waals surface area contributed by atoms with E-state index in [9.17, 15) is 29.1 Å². The highest BCUT2D eigenvalue weighted by Gasteiger charge is 2.43. The lowest BCUT2D eigenvalue weighted by Crippen LogP contribution is -2.54. The highest BCUT2D eigenvalue weighted by molar-refractivity contribution is 5.90. The average Bonchev–Trinajstić information content (AvgIpc) is 3.76. The molecule has 9 atom stereocenters. The predicted molar refractivity (Wildman–Crippen MR) is 249 cm³/mol. The molecule has 1 heterocycles. The van der Waals surface area contributed by atoms with Crippen LogP contribution in [0.15, 0.2) is 30.3 Å². The van der Waals surface area contributed by atoms with Gasteiger partial charge in [-0.25, -0.2) is 5.90 Å². The summed E-state index contributed by atoms with van der Waals surface area (Å²) in [6, 6.07) is 7.96. The van der Waals surface area contributed by atoms with Gasteiger partial charge in [-0.3, -0.25) is 28.9 Å². The van der Waals surface area contributed by atoms with Gasteiger partial charge in [0.25, 0.3) is 0 Å². The van der Waals surface area contributed by atoms with Gasteiger partial charge >= 0.3 is 5.97 Å². The number of benzene rings is 1. The average molecular weight is 921 g/mol. The van der Waals surface area contributed by atoms with Crippen LogP contribution in [0.2, 0.25) is 0 Å². The van der Waals surface area contributed by atoms with Crippen LogP contribution in [0.1, 0.15) is 92.6 Å². The molecule has 0 saturated carbocycles. The molecule has 0 aromatic heterocycles. The Labute approximate surface area is 389 Å². The van der Waals surface area contributed by atoms with Gasteiger partial charge in [-0.15, -0.1) is 0 Å². The number of amides is 2. The largest absolute Gasteiger partial charge is 0.481 e. The third kappa shape index (κ3) is 18.7. The van der Waals surface area contributed by atoms with Crippen molar-refractivity contribution in [1.82, 2.24) is 14.7 Å². The quantitative estimate of drug-likeness (QED) is 0.0687. The molecule has 1 aromatic carbocycles. The molecule has 1 fully saturated rings. The molecule has 2 amide bonds. The number of ether oxygens (including phenoxy) is 5. The number of hydrogen-bond donors (Lipinski definition) is 2. The van der Waals surface area contributed by atoms with Gasteiger partial charge in [0.2, 0.25) is 11.8 Å². The number of aliphatic carboxylic acids is 1. The Bertz CT molecular complexity index is 1550. The summed E-state index contributed by atoms with van der Waals surface area (Å²) < 4.78 is 28.7. The van der Waals surface area contributed by atoms with Crippen LogP contribution in [0.25, 0.3) is 0 Å². The first kappa shape index (κ1) is 57.8. The summed E-state index contributed by atoms with van der Waals surface area (Å²) >= 11 is 0. The van der Waals surface area contributed by atoms with Gasteiger partial charge in [0, 0.05) is 59.0 Å². The van der Waals surface area contributed by atoms with E-state index in [1.54, 1.807) is 30.9 Å². The number of carboxylic acid groups (broad SMARTS) is 1. The first-order valence-corrected chi connectivity index (χ1v) is 23.6. The number of nitrogens with zero attached hydrogens (tertiary/aromatic N) is 3. The fourth-order valence-electron chi connectivity index (χ4n) is 9.24. The Morgan fingerprint density at radius 2 is 1.40 bits per heavy atom. The summed E-state index contributed by atoms with van der Waals surface area (Å²) in [6.45, 7) is 17.6. The van der Waals surface area contributed by atoms with E-state index in [1.807, 2.05) is 83.8 Å². The minimum Gasteiger partial charge on any atom is -0.481 e. The maximum Gasteiger partial charge on any atom is 0.307 e. The smallest absolute Gasteiger partial charge is 0.307 e. The zero-order chi connectivity index (χ0) is 48.6. The number of likely N-dealkylation sites (tertiary alicyclic amines) is 1. The van der Waals surface area contributed by atoms with Crippen LogP contribution >= 0.6 is 0 Å². The number of ketones is 2. The molecule has 16 nitrogen and oxygen atoms in total. The zero-order valence-electron chi connectivity index (χ0n) is 41.4. The Morgan fingerprint density at radius 1 is 0.800 bits per heavy atom. The van der Waals surface area contributed by atoms with Crippen LogP contribution in [0.5, 0.6) is 0 Å². The lowest BCUT2D eigenvalue weighted by Gasteiger charge is -2.41. The minimum absolute atomic E-state index is 0.00424. The lowest BCUT2D eigenvalue weighted by atomic mass is 9.83. The third-order valence-electron chi connectivity index (χ3n) is 13.1. The number of Topliss-reactive ketones (excluding diaryl/α,β-unsaturated/α-hetero) is 2. The molecule has 372 valence electrons. The topological polar surface area (TPSA) is 197 Å². The lowest BCUT2D eigenvalue weighted by molar-refractivity contribution is -0.149. The van der Waals surface area contributed by atoms with E-state index in [4.69, 9.17) is 29.6 Å². The number of carbonyl (C=O) groups is 5. The second-order valence-corrected chi connectivity index (χ2v) is 18.4. The van der Waals surface area contributed by atoms with Gasteiger partial charge in [0.05, 0.1) is 88.9 Å². The van der Waals surface area contributed by atoms with Crippen molar-refractivity contribution in [2.45, 2.75) is 124 Å². The molecule has 1 aliphatic rings. The summed E-state index contributed by atoms with van der Waals surface area (Å²) in [7, 11) is 6.74. The normalized spacial score (nSPS) is 18.0. The Kier molecular flexibility index (Phi) is 27.4. The Hall–Kier alpha value is -3.35. The van der Waals surface area contributed by atoms with Crippen LogP contribution in [-0.4, -0.2) is 167 Å². The summed E-state index contributed by atoms with van der Waals surface area (Å²) in [5, 5.41) is 10.00. The predicted octanol–water partition coefficient (Wildman–Crippen LogP) is 4.94. The van der Waals surface area contributed by atoms with Gasteiger partial charge in [-0.1, -0.05) is 85.2 Å². The van der Waals surface area contributed by atoms with E-state index in [-0.39, 0.29) is 66.8 Å². The number of carboxylic acids is 1. The summed E-state index contributed by atoms with van der Waals surface area (Å²) in [5.74, 6) is 1.03. The molecule has 3 N–H and O–H groups in total. The summed E-state index contributed by atoms with van der Waals surface area (Å²) in [5.41, 5.74) is 0.842. The molecule has 1 aliphatic heterocycles. The van der Waals surface area contributed by atoms with Crippen LogP contribution in [0.3, 0.4) is 0 Å². The first-order chi connectivity index (χ1) is 30.9. The van der Waals surface area contributed by atoms with Gasteiger partial charge in [-0.2, -0.15) is 0 Å². The van der Waals surface area contributed by atoms with Gasteiger partial charge < -0.3 is 43.4 Å². The number of rotatable bonds is 35. The second-order valence-electron chi connectivity index (χ2n) is 18.4. The molecular formula is C49H84N4O12. The van der Waals surface area contributed by atoms with E-state index in [0.29, 0.717) is 65.8 Å². The summed E-state index contributed by atoms with van der Waals surface area (Å²) in [6.07, 6.45) is 0.911. The van der Waals surface area contributed by atoms with Crippen molar-refractivity contribution < 1.29 is 57.6 Å². The van der Waals surface area contributed by atoms with Crippen LogP contribution in [0, 0.1) is 35.5 Å². The molecule has 16 heteroatoms. The van der Waals surface area contributed by atoms with Crippen molar-refractivity contribution in [1.29, 1.82) is 0 Å². The maximum absolute atomic E-state index is 14.6. The number of hydrogen-bond acceptors (Lipinski definition) is 13. The van der Waals surface area contributed by atoms with E-state index >= 15 is 0 Å². The van der Waals surface area contributed by atoms with Crippen molar-refractivity contribution in [3.63, 3.8) is 0 Å². The van der Waals surface area contributed by atoms with Crippen molar-refractivity contribution >= 4 is 29.4 Å². The van der Waals surface area contributed by atoms with Crippen molar-refractivity contribution in [2.24, 2.45) is 41.4 Å². The van der Waals surface area contributed by atoms with Crippen LogP contribution in [0.4, 0.5) is 0 Å². The molecule has 1 aromatic rings. The molecule has 0 spiro atoms. The minimum atomic E-state index is -1.03. The van der Waals surface area contributed by atoms with Gasteiger partial charge in [0.15, 0.2) is 5.78 Å². The highest BCUT2D eigenvalue weighted by Crippen LogP contribution is 2.32. The molecule has 0 radical (unpaired) electrons. The van der Waals surface area contributed by atoms with E-state index in [0.717, 1.165) is 18.4 Å². The Morgan fingerprint density at radius 3 is 1.92 bits per heavy atom. The molecule has 0 unspecified atom stereocenters. The van der Waals surface area contributed by atoms with Crippen molar-refractivity contribution in [3.05, 3.63) is 35.9 Å². The molecule has 0 aliphatic carbocycles. The molecule has 0 bridgehead atoms. The monoisotopic (exact) mass is 921 g/mol. The van der Waals surface area contributed by atoms with E-state index < -0.39 is 54.1 Å². The molecule has 2 rings (SSSR count). The number of nitrogens with two attached hydrogens (primary N) is 1. The Balaban J connectivity index is 2.14. The van der Waals surface area contributed by atoms with E-state index in [2.05, 4.69) is 4.84 Å². The van der Waals surface area contributed by atoms with Gasteiger partial charge in [-0.05, 0) is 49.6 Å². The van der Waals surface area contributed by atoms with Gasteiger partial charge in [0.1, 0.15) is 5.78 Å². The second kappa shape index (κ2) is 30.8. The SMILES string of the molecule is CC[C@H](C)[C@@H]([C@@H](CC(=O)N1CCC[C@H]1[C@H](OC)[C@@H](C)C(=O)C[C@@H](Cc1ccccc1)C(=O)O)OC)N(C)C(=O)[C@@H](CC(=O)[C@H](C(C)C)N(C)CCOCCOCCOCCON)C(C)C. The maximum atomic E-state index is 14.6. The van der Waals surface area contributed by atoms with Crippen LogP contribution < -0.4 is 5.90 Å². The first-order valence-electron chi connectivity index (χ1n) is 23.6. The fourth-order valence-corrected chi connectivity index (χ4v) is 9.24. The molecule has 65 heavy (non-hydrogen) atoms. The molecule has 1 saturated heterocycles. The summed E-state index contributed by atoms with van der Waals surface area (Å²) in [4.78, 5) is 78.9. The zero-order valence-corrected chi connectivity index (χ0v) is 41.4. The fraction of sp³-hybridized carbons (Fsp3) is 0.776. The number of carbonyl (C=O) groups excluding carboxylic acids is 4. The number of methoxy groups -OCH3 is 2. The highest BCUT2D eigenvalue weighted by atomic mass is 16.6. The van der Waals surface area contributed by atoms with E-state index in [1.165, 1.54) is 7.11 Å². The third-order valence-corrected chi connectivity index (χ3v) is 13.1. The molecular weight excluding hydrogens is 837 g/mol. The number of likely N-dealkylation sites (N-methyl/N-ethyl adjacent to an activating group) is 2. The standard InChI is InChI=1S/C49H84N4O12/c1-12-35(6)46(52(9)48(57)39(33(2)3)31-42(55)45(34(4)5)51(8)21-22-62-23-24-63-25-26-64-27-28-65-50)43(60-10)32-44(56)53-20-16-19-40(53)47(61-11)36(7)41(54)30-38(49(58)59)29-37-17-14-13-15-18-37/h13-15,17-18,33-36,38-40,43,45-47H,12,16,19-32,50H2,1-11H3,(H,58,59)/t35-,36-,38+,39-,40-,43+,45-,46-,47+/m0/s1. The van der Waals surface area contributed by atoms with Crippen molar-refractivity contribution in [3.8, 4) is 0 Å².